The number of halogens is 1. The zero-order valence-corrected chi connectivity index (χ0v) is 15.1. The first-order chi connectivity index (χ1) is 12.5. The summed E-state index contributed by atoms with van der Waals surface area (Å²) in [5, 5.41) is 13.5. The van der Waals surface area contributed by atoms with E-state index in [1.54, 1.807) is 18.2 Å². The quantitative estimate of drug-likeness (QED) is 0.678. The minimum absolute atomic E-state index is 0.00990. The Morgan fingerprint density at radius 3 is 2.81 bits per heavy atom. The number of hydrogen-bond donors (Lipinski definition) is 2. The van der Waals surface area contributed by atoms with Crippen LogP contribution in [0.2, 0.25) is 5.02 Å². The molecule has 136 valence electrons. The Bertz CT molecular complexity index is 893. The number of nitrogens with zero attached hydrogens (tertiary/aromatic N) is 4. The highest BCUT2D eigenvalue weighted by Crippen LogP contribution is 2.26. The summed E-state index contributed by atoms with van der Waals surface area (Å²) in [6.45, 7) is 3.87. The minimum atomic E-state index is -0.479. The van der Waals surface area contributed by atoms with Gasteiger partial charge in [0.05, 0.1) is 12.1 Å². The minimum Gasteiger partial charge on any atom is -0.495 e. The molecule has 2 N–H and O–H groups in total. The third kappa shape index (κ3) is 3.67. The van der Waals surface area contributed by atoms with Crippen molar-refractivity contribution < 1.29 is 14.1 Å². The number of carbonyl (C=O) groups excluding carboxylic acids is 1. The lowest BCUT2D eigenvalue weighted by atomic mass is 10.0. The molecule has 10 heteroatoms. The Kier molecular flexibility index (Phi) is 5.17. The summed E-state index contributed by atoms with van der Waals surface area (Å²) in [6, 6.07) is 4.33. The average molecular weight is 377 g/mol. The first kappa shape index (κ1) is 17.9. The van der Waals surface area contributed by atoms with Crippen LogP contribution in [0.25, 0.3) is 11.6 Å². The van der Waals surface area contributed by atoms with Crippen LogP contribution in [0.3, 0.4) is 0 Å². The molecule has 2 aromatic heterocycles. The fraction of sp³-hybridized carbons (Fsp3) is 0.312. The topological polar surface area (TPSA) is 119 Å². The lowest BCUT2D eigenvalue weighted by Crippen LogP contribution is -2.32. The van der Waals surface area contributed by atoms with E-state index < -0.39 is 6.04 Å². The number of carbonyl (C=O) groups is 1. The Hall–Kier alpha value is -2.94. The van der Waals surface area contributed by atoms with Gasteiger partial charge in [0.25, 0.3) is 5.91 Å². The van der Waals surface area contributed by atoms with Crippen LogP contribution in [0.1, 0.15) is 36.1 Å². The first-order valence-corrected chi connectivity index (χ1v) is 8.21. The normalized spacial score (nSPS) is 12.2. The SMILES string of the molecule is COc1ccc(C(=O)N[C@H](c2nc(-c3ncn[nH]3)no2)C(C)C)cc1Cl. The molecule has 9 nitrogen and oxygen atoms in total. The largest absolute Gasteiger partial charge is 0.495 e. The number of nitrogens with one attached hydrogen (secondary N) is 2. The zero-order chi connectivity index (χ0) is 18.7. The van der Waals surface area contributed by atoms with Crippen molar-refractivity contribution in [1.82, 2.24) is 30.6 Å². The van der Waals surface area contributed by atoms with Gasteiger partial charge in [0.2, 0.25) is 11.7 Å². The predicted octanol–water partition coefficient (Wildman–Crippen LogP) is 2.64. The molecule has 1 amide bonds. The summed E-state index contributed by atoms with van der Waals surface area (Å²) in [5.41, 5.74) is 0.399. The summed E-state index contributed by atoms with van der Waals surface area (Å²) in [7, 11) is 1.51. The van der Waals surface area contributed by atoms with Gasteiger partial charge < -0.3 is 14.6 Å². The molecule has 0 radical (unpaired) electrons. The molecule has 0 saturated carbocycles. The highest BCUT2D eigenvalue weighted by molar-refractivity contribution is 6.32. The molecular weight excluding hydrogens is 360 g/mol. The van der Waals surface area contributed by atoms with Gasteiger partial charge in [0, 0.05) is 5.56 Å². The van der Waals surface area contributed by atoms with Crippen molar-refractivity contribution in [3.63, 3.8) is 0 Å². The zero-order valence-electron chi connectivity index (χ0n) is 14.4. The van der Waals surface area contributed by atoms with Crippen molar-refractivity contribution >= 4 is 17.5 Å². The van der Waals surface area contributed by atoms with Gasteiger partial charge in [-0.2, -0.15) is 10.1 Å². The number of aromatic amines is 1. The molecular formula is C16H17ClN6O3. The highest BCUT2D eigenvalue weighted by Gasteiger charge is 2.26. The van der Waals surface area contributed by atoms with Crippen LogP contribution in [0, 0.1) is 5.92 Å². The summed E-state index contributed by atoms with van der Waals surface area (Å²) in [4.78, 5) is 20.9. The highest BCUT2D eigenvalue weighted by atomic mass is 35.5. The average Bonchev–Trinajstić information content (AvgIpc) is 3.30. The van der Waals surface area contributed by atoms with Crippen molar-refractivity contribution in [3.05, 3.63) is 41.0 Å². The van der Waals surface area contributed by atoms with Crippen molar-refractivity contribution in [2.24, 2.45) is 5.92 Å². The second kappa shape index (κ2) is 7.52. The first-order valence-electron chi connectivity index (χ1n) is 7.83. The third-order valence-electron chi connectivity index (χ3n) is 3.70. The maximum Gasteiger partial charge on any atom is 0.251 e. The molecule has 3 rings (SSSR count). The van der Waals surface area contributed by atoms with E-state index in [9.17, 15) is 4.79 Å². The maximum absolute atomic E-state index is 12.6. The van der Waals surface area contributed by atoms with Crippen LogP contribution in [0.4, 0.5) is 0 Å². The molecule has 0 unspecified atom stereocenters. The van der Waals surface area contributed by atoms with Gasteiger partial charge in [0.1, 0.15) is 18.1 Å². The third-order valence-corrected chi connectivity index (χ3v) is 4.00. The van der Waals surface area contributed by atoms with E-state index in [4.69, 9.17) is 20.9 Å². The lowest BCUT2D eigenvalue weighted by Gasteiger charge is -2.18. The summed E-state index contributed by atoms with van der Waals surface area (Å²) < 4.78 is 10.4. The fourth-order valence-electron chi connectivity index (χ4n) is 2.32. The number of H-pyrrole nitrogens is 1. The number of hydrogen-bond acceptors (Lipinski definition) is 7. The van der Waals surface area contributed by atoms with Crippen LogP contribution >= 0.6 is 11.6 Å². The Morgan fingerprint density at radius 1 is 1.38 bits per heavy atom. The van der Waals surface area contributed by atoms with Gasteiger partial charge >= 0.3 is 0 Å². The molecule has 0 saturated heterocycles. The van der Waals surface area contributed by atoms with E-state index in [1.807, 2.05) is 13.8 Å². The van der Waals surface area contributed by atoms with Crippen LogP contribution in [-0.4, -0.2) is 38.3 Å². The van der Waals surface area contributed by atoms with Gasteiger partial charge in [-0.3, -0.25) is 9.89 Å². The van der Waals surface area contributed by atoms with Crippen LogP contribution in [-0.2, 0) is 0 Å². The number of amides is 1. The van der Waals surface area contributed by atoms with Gasteiger partial charge in [-0.05, 0) is 24.1 Å². The number of aromatic nitrogens is 5. The van der Waals surface area contributed by atoms with Gasteiger partial charge in [-0.1, -0.05) is 30.6 Å². The van der Waals surface area contributed by atoms with E-state index in [1.165, 1.54) is 13.4 Å². The number of rotatable bonds is 6. The molecule has 0 aliphatic carbocycles. The van der Waals surface area contributed by atoms with Crippen LogP contribution in [0.5, 0.6) is 5.75 Å². The Morgan fingerprint density at radius 2 is 2.19 bits per heavy atom. The van der Waals surface area contributed by atoms with Crippen LogP contribution in [0.15, 0.2) is 29.0 Å². The number of methoxy groups -OCH3 is 1. The van der Waals surface area contributed by atoms with Crippen molar-refractivity contribution in [2.75, 3.05) is 7.11 Å². The van der Waals surface area contributed by atoms with Crippen molar-refractivity contribution in [1.29, 1.82) is 0 Å². The number of ether oxygens (including phenoxy) is 1. The molecule has 0 aliphatic rings. The molecule has 3 aromatic rings. The Balaban J connectivity index is 1.80. The van der Waals surface area contributed by atoms with E-state index >= 15 is 0 Å². The van der Waals surface area contributed by atoms with Gasteiger partial charge in [0.15, 0.2) is 5.82 Å². The predicted molar refractivity (Wildman–Crippen MR) is 92.7 cm³/mol. The second-order valence-electron chi connectivity index (χ2n) is 5.83. The molecule has 0 fully saturated rings. The molecule has 0 bridgehead atoms. The van der Waals surface area contributed by atoms with Gasteiger partial charge in [-0.25, -0.2) is 4.98 Å². The standard InChI is InChI=1S/C16H17ClN6O3/c1-8(2)12(16-21-14(23-26-16)13-18-7-19-22-13)20-15(24)9-4-5-11(25-3)10(17)6-9/h4-8,12H,1-3H3,(H,20,24)(H,18,19,22)/t12-/m0/s1. The molecule has 2 heterocycles. The van der Waals surface area contributed by atoms with E-state index in [0.717, 1.165) is 0 Å². The van der Waals surface area contributed by atoms with Crippen molar-refractivity contribution in [2.45, 2.75) is 19.9 Å². The summed E-state index contributed by atoms with van der Waals surface area (Å²) in [5.74, 6) is 1.13. The smallest absolute Gasteiger partial charge is 0.251 e. The van der Waals surface area contributed by atoms with Crippen molar-refractivity contribution in [3.8, 4) is 17.4 Å². The second-order valence-corrected chi connectivity index (χ2v) is 6.24. The number of benzene rings is 1. The summed E-state index contributed by atoms with van der Waals surface area (Å²) >= 11 is 6.09. The van der Waals surface area contributed by atoms with E-state index in [0.29, 0.717) is 22.2 Å². The van der Waals surface area contributed by atoms with Gasteiger partial charge in [-0.15, -0.1) is 0 Å². The van der Waals surface area contributed by atoms with Crippen LogP contribution < -0.4 is 10.1 Å². The lowest BCUT2D eigenvalue weighted by molar-refractivity contribution is 0.0914. The maximum atomic E-state index is 12.6. The monoisotopic (exact) mass is 376 g/mol. The fourth-order valence-corrected chi connectivity index (χ4v) is 2.57. The molecule has 1 aromatic carbocycles. The summed E-state index contributed by atoms with van der Waals surface area (Å²) in [6.07, 6.45) is 1.35. The molecule has 0 aliphatic heterocycles. The molecule has 0 spiro atoms. The van der Waals surface area contributed by atoms with E-state index in [-0.39, 0.29) is 23.5 Å². The van der Waals surface area contributed by atoms with E-state index in [2.05, 4.69) is 30.6 Å². The molecule has 1 atom stereocenters. The Labute approximate surface area is 154 Å². The molecule has 26 heavy (non-hydrogen) atoms.